The van der Waals surface area contributed by atoms with Crippen molar-refractivity contribution in [2.75, 3.05) is 46.1 Å². The van der Waals surface area contributed by atoms with Gasteiger partial charge in [-0.2, -0.15) is 0 Å². The van der Waals surface area contributed by atoms with Crippen LogP contribution in [0, 0.1) is 5.92 Å². The van der Waals surface area contributed by atoms with Crippen molar-refractivity contribution < 1.29 is 128 Å². The second kappa shape index (κ2) is 33.7. The number of hydrogen-bond donors (Lipinski definition) is 22. The molecule has 4 saturated heterocycles. The van der Waals surface area contributed by atoms with Crippen LogP contribution in [0.25, 0.3) is 0 Å². The number of benzene rings is 2. The van der Waals surface area contributed by atoms with Crippen LogP contribution in [-0.2, 0) is 63.7 Å². The summed E-state index contributed by atoms with van der Waals surface area (Å²) in [6.45, 7) is -0.778. The number of halogens is 1. The summed E-state index contributed by atoms with van der Waals surface area (Å²) in [5.74, 6) is -10.4. The molecule has 0 aliphatic carbocycles. The Labute approximate surface area is 563 Å². The monoisotopic (exact) mass is 1410 g/mol. The van der Waals surface area contributed by atoms with Crippen LogP contribution in [0.1, 0.15) is 44.2 Å². The van der Waals surface area contributed by atoms with Gasteiger partial charge in [-0.25, -0.2) is 0 Å². The summed E-state index contributed by atoms with van der Waals surface area (Å²) in [6, 6.07) is -1.57. The lowest BCUT2D eigenvalue weighted by Crippen LogP contribution is -2.70. The minimum absolute atomic E-state index is 0.0991. The Morgan fingerprint density at radius 3 is 1.85 bits per heavy atom. The van der Waals surface area contributed by atoms with Crippen molar-refractivity contribution in [1.82, 2.24) is 42.1 Å². The summed E-state index contributed by atoms with van der Waals surface area (Å²) in [7, 11) is 0. The first kappa shape index (κ1) is 76.4. The SMILES string of the molecule is CC(C)CC(=O)OC1C(OC2C(CO)OC(Oc3ccc(CC4NC(=O)C(C(C)c5ccccc5Cl)NC(=O)CNC(=O)C(CO)NC(=O)C(C(O)C5CN=C(N)N5C5OC(CO)C(O)C(O)C5O)NC(=O)C(C(O)C5CN=C(N)N5)NC4=O)cc3)C(O)C2O)OC(CO)C(O)C1O. The van der Waals surface area contributed by atoms with Crippen LogP contribution in [0.4, 0.5) is 0 Å². The lowest BCUT2D eigenvalue weighted by molar-refractivity contribution is -0.353. The van der Waals surface area contributed by atoms with Crippen LogP contribution >= 0.6 is 11.6 Å². The van der Waals surface area contributed by atoms with Crippen LogP contribution in [0.2, 0.25) is 5.02 Å². The third-order valence-corrected chi connectivity index (χ3v) is 17.7. The Bertz CT molecular complexity index is 3180. The Kier molecular flexibility index (Phi) is 26.3. The van der Waals surface area contributed by atoms with E-state index in [1.165, 1.54) is 37.3 Å². The molecule has 0 radical (unpaired) electrons. The average Bonchev–Trinajstić information content (AvgIpc) is 1.49. The number of aliphatic hydroxyl groups excluding tert-OH is 13. The molecule has 38 nitrogen and oxygen atoms in total. The summed E-state index contributed by atoms with van der Waals surface area (Å²) in [4.78, 5) is 109. The van der Waals surface area contributed by atoms with E-state index in [9.17, 15) is 90.4 Å². The Hall–Kier alpha value is -7.32. The van der Waals surface area contributed by atoms with Gasteiger partial charge in [0.15, 0.2) is 30.5 Å². The highest BCUT2D eigenvalue weighted by Gasteiger charge is 2.55. The van der Waals surface area contributed by atoms with E-state index < -0.39 is 246 Å². The van der Waals surface area contributed by atoms with Gasteiger partial charge in [-0.05, 0) is 35.2 Å². The second-order valence-corrected chi connectivity index (χ2v) is 25.1. The maximum absolute atomic E-state index is 15.2. The standard InChI is InChI=1S/C59H85ClN12O26/c1-21(2)12-35(78)97-49-44(84)42(82)32(19-75)95-57(49)98-48-33(20-76)96-56(47(87)45(48)85)93-24-10-8-23(9-11-24)13-27-51(89)70-37(39(79)28-14-64-58(61)68-28)54(92)71-38(40(80)30-15-65-59(62)72(30)55-46(86)43(83)41(81)31(18-74)94-55)53(91)67-29(17-73)50(88)63-16-34(77)69-36(52(90)66-27)22(3)25-6-4-5-7-26(25)60/h4-11,21-22,27-33,36-49,55-57,73-76,79-87H,12-20H2,1-3H3,(H2,62,65)(H,63,88)(H,66,90)(H,67,91)(H,69,77)(H,70,89)(H,71,92)(H3,61,64,68). The summed E-state index contributed by atoms with van der Waals surface area (Å²) < 4.78 is 34.4. The molecule has 6 aliphatic heterocycles. The predicted octanol–water partition coefficient (Wildman–Crippen LogP) is -11.4. The third kappa shape index (κ3) is 17.6. The molecule has 6 amide bonds. The number of nitrogens with one attached hydrogen (secondary N) is 7. The number of guanidine groups is 2. The van der Waals surface area contributed by atoms with E-state index in [4.69, 9.17) is 51.5 Å². The third-order valence-electron chi connectivity index (χ3n) is 17.4. The Morgan fingerprint density at radius 2 is 1.21 bits per heavy atom. The van der Waals surface area contributed by atoms with Crippen LogP contribution in [0.5, 0.6) is 5.75 Å². The minimum Gasteiger partial charge on any atom is -0.462 e. The van der Waals surface area contributed by atoms with Gasteiger partial charge in [-0.15, -0.1) is 0 Å². The van der Waals surface area contributed by atoms with Gasteiger partial charge in [-0.3, -0.25) is 43.5 Å². The van der Waals surface area contributed by atoms with Gasteiger partial charge in [0.25, 0.3) is 0 Å². The van der Waals surface area contributed by atoms with E-state index in [2.05, 4.69) is 47.2 Å². The van der Waals surface area contributed by atoms with Crippen molar-refractivity contribution in [3.05, 3.63) is 64.7 Å². The number of amides is 6. The van der Waals surface area contributed by atoms with Crippen molar-refractivity contribution in [1.29, 1.82) is 0 Å². The molecule has 6 heterocycles. The van der Waals surface area contributed by atoms with Crippen molar-refractivity contribution in [3.8, 4) is 5.75 Å². The fourth-order valence-corrected chi connectivity index (χ4v) is 12.2. The highest BCUT2D eigenvalue weighted by molar-refractivity contribution is 6.31. The number of carbonyl (C=O) groups excluding carboxylic acids is 7. The lowest BCUT2D eigenvalue weighted by atomic mass is 9.91. The number of nitrogens with two attached hydrogens (primary N) is 2. The van der Waals surface area contributed by atoms with Gasteiger partial charge >= 0.3 is 5.97 Å². The molecule has 0 aromatic heterocycles. The van der Waals surface area contributed by atoms with E-state index in [1.54, 1.807) is 32.0 Å². The first-order chi connectivity index (χ1) is 46.5. The maximum atomic E-state index is 15.2. The molecule has 25 atom stereocenters. The zero-order valence-corrected chi connectivity index (χ0v) is 53.7. The van der Waals surface area contributed by atoms with E-state index in [1.807, 2.05) is 0 Å². The quantitative estimate of drug-likeness (QED) is 0.0547. The van der Waals surface area contributed by atoms with Gasteiger partial charge in [0, 0.05) is 23.8 Å². The highest BCUT2D eigenvalue weighted by Crippen LogP contribution is 2.34. The summed E-state index contributed by atoms with van der Waals surface area (Å²) in [5, 5.41) is 159. The van der Waals surface area contributed by atoms with Crippen LogP contribution < -0.4 is 53.4 Å². The Morgan fingerprint density at radius 1 is 0.622 bits per heavy atom. The number of aliphatic hydroxyl groups is 13. The van der Waals surface area contributed by atoms with Gasteiger partial charge in [0.2, 0.25) is 41.7 Å². The molecule has 2 aromatic carbocycles. The summed E-state index contributed by atoms with van der Waals surface area (Å²) in [6.07, 6.45) is -32.1. The normalized spacial score (nSPS) is 35.7. The van der Waals surface area contributed by atoms with Gasteiger partial charge in [-0.1, -0.05) is 62.7 Å². The molecule has 4 fully saturated rings. The molecule has 98 heavy (non-hydrogen) atoms. The van der Waals surface area contributed by atoms with E-state index in [0.717, 1.165) is 4.90 Å². The van der Waals surface area contributed by atoms with Gasteiger partial charge in [0.1, 0.15) is 115 Å². The van der Waals surface area contributed by atoms with Crippen LogP contribution in [0.15, 0.2) is 58.5 Å². The number of ether oxygens (including phenoxy) is 6. The van der Waals surface area contributed by atoms with Crippen LogP contribution in [-0.4, -0.2) is 317 Å². The smallest absolute Gasteiger partial charge is 0.306 e. The lowest BCUT2D eigenvalue weighted by Gasteiger charge is -2.46. The second-order valence-electron chi connectivity index (χ2n) is 24.7. The first-order valence-corrected chi connectivity index (χ1v) is 31.7. The largest absolute Gasteiger partial charge is 0.462 e. The van der Waals surface area contributed by atoms with Gasteiger partial charge in [0.05, 0.1) is 58.1 Å². The molecular formula is C59H85ClN12O26. The molecule has 8 rings (SSSR count). The number of aliphatic imine (C=N–C) groups is 2. The number of esters is 1. The fourth-order valence-electron chi connectivity index (χ4n) is 11.9. The number of carbonyl (C=O) groups is 7. The molecule has 0 spiro atoms. The van der Waals surface area contributed by atoms with E-state index in [-0.39, 0.29) is 41.2 Å². The maximum Gasteiger partial charge on any atom is 0.306 e. The molecule has 6 aliphatic rings. The molecular weight excluding hydrogens is 1330 g/mol. The molecule has 24 N–H and O–H groups in total. The molecule has 0 saturated carbocycles. The zero-order chi connectivity index (χ0) is 71.7. The fraction of sp³-hybridized carbons (Fsp3) is 0.644. The molecule has 544 valence electrons. The van der Waals surface area contributed by atoms with Crippen molar-refractivity contribution in [3.63, 3.8) is 0 Å². The first-order valence-electron chi connectivity index (χ1n) is 31.3. The molecule has 2 aromatic rings. The minimum atomic E-state index is -2.37. The molecule has 25 unspecified atom stereocenters. The highest BCUT2D eigenvalue weighted by atomic mass is 35.5. The average molecular weight is 1410 g/mol. The zero-order valence-electron chi connectivity index (χ0n) is 53.0. The van der Waals surface area contributed by atoms with Gasteiger partial charge < -0.3 is 148 Å². The summed E-state index contributed by atoms with van der Waals surface area (Å²) in [5.41, 5.74) is 12.6. The van der Waals surface area contributed by atoms with Crippen molar-refractivity contribution in [2.24, 2.45) is 27.4 Å². The summed E-state index contributed by atoms with van der Waals surface area (Å²) >= 11 is 6.61. The molecule has 0 bridgehead atoms. The number of nitrogens with zero attached hydrogens (tertiary/aromatic N) is 3. The van der Waals surface area contributed by atoms with Crippen LogP contribution in [0.3, 0.4) is 0 Å². The Balaban J connectivity index is 1.11. The van der Waals surface area contributed by atoms with E-state index in [0.29, 0.717) is 5.56 Å². The number of hydrogen-bond acceptors (Lipinski definition) is 32. The van der Waals surface area contributed by atoms with Crippen molar-refractivity contribution >= 4 is 64.9 Å². The molecule has 39 heteroatoms. The predicted molar refractivity (Wildman–Crippen MR) is 331 cm³/mol. The van der Waals surface area contributed by atoms with E-state index >= 15 is 9.59 Å². The van der Waals surface area contributed by atoms with Crippen molar-refractivity contribution in [2.45, 2.75) is 186 Å². The number of rotatable bonds is 20. The topological polar surface area (TPSA) is 602 Å².